The minimum atomic E-state index is -2.48. The van der Waals surface area contributed by atoms with Crippen LogP contribution in [0.2, 0.25) is 0 Å². The van der Waals surface area contributed by atoms with Gasteiger partial charge in [0, 0.05) is 11.4 Å². The van der Waals surface area contributed by atoms with Crippen molar-refractivity contribution in [2.24, 2.45) is 5.73 Å². The SMILES string of the molecule is CC1=C(N)CC([N+](=O)[O-])([N+](=O)[O-])C(c2ccc(N)c(C)c2)=C1. The van der Waals surface area contributed by atoms with Gasteiger partial charge < -0.3 is 11.5 Å². The molecule has 0 spiro atoms. The third-order valence-corrected chi connectivity index (χ3v) is 3.92. The van der Waals surface area contributed by atoms with E-state index in [1.165, 1.54) is 6.08 Å². The summed E-state index contributed by atoms with van der Waals surface area (Å²) in [4.78, 5) is 21.3. The number of aryl methyl sites for hydroxylation is 1. The minimum Gasteiger partial charge on any atom is -0.401 e. The zero-order valence-corrected chi connectivity index (χ0v) is 12.2. The van der Waals surface area contributed by atoms with Crippen LogP contribution in [0.5, 0.6) is 0 Å². The molecule has 0 aromatic heterocycles. The summed E-state index contributed by atoms with van der Waals surface area (Å²) in [6, 6.07) is 4.73. The van der Waals surface area contributed by atoms with Crippen LogP contribution in [0, 0.1) is 27.2 Å². The first-order valence-electron chi connectivity index (χ1n) is 6.53. The number of anilines is 1. The molecule has 0 aliphatic heterocycles. The van der Waals surface area contributed by atoms with Gasteiger partial charge in [0.15, 0.2) is 0 Å². The van der Waals surface area contributed by atoms with Crippen LogP contribution in [-0.4, -0.2) is 15.5 Å². The highest BCUT2D eigenvalue weighted by Crippen LogP contribution is 2.40. The van der Waals surface area contributed by atoms with Crippen LogP contribution in [0.3, 0.4) is 0 Å². The Bertz CT molecular complexity index is 722. The summed E-state index contributed by atoms with van der Waals surface area (Å²) in [5.74, 6) is 0. The fraction of sp³-hybridized carbons (Fsp3) is 0.286. The molecule has 0 fully saturated rings. The lowest BCUT2D eigenvalue weighted by molar-refractivity contribution is -0.776. The Kier molecular flexibility index (Phi) is 3.62. The first kappa shape index (κ1) is 15.5. The number of hydrogen-bond acceptors (Lipinski definition) is 6. The van der Waals surface area contributed by atoms with Crippen LogP contribution in [0.15, 0.2) is 35.5 Å². The Hall–Kier alpha value is -2.90. The van der Waals surface area contributed by atoms with Gasteiger partial charge in [-0.15, -0.1) is 0 Å². The highest BCUT2D eigenvalue weighted by atomic mass is 16.7. The van der Waals surface area contributed by atoms with Gasteiger partial charge in [0.05, 0.1) is 0 Å². The van der Waals surface area contributed by atoms with Gasteiger partial charge in [-0.3, -0.25) is 20.2 Å². The van der Waals surface area contributed by atoms with E-state index in [1.54, 1.807) is 32.0 Å². The molecule has 0 unspecified atom stereocenters. The molecule has 116 valence electrons. The normalized spacial score (nSPS) is 17.1. The van der Waals surface area contributed by atoms with Crippen LogP contribution in [-0.2, 0) is 0 Å². The van der Waals surface area contributed by atoms with Crippen molar-refractivity contribution in [1.29, 1.82) is 0 Å². The van der Waals surface area contributed by atoms with Gasteiger partial charge in [0.2, 0.25) is 0 Å². The monoisotopic (exact) mass is 304 g/mol. The van der Waals surface area contributed by atoms with E-state index in [0.29, 0.717) is 22.4 Å². The summed E-state index contributed by atoms with van der Waals surface area (Å²) in [6.45, 7) is 3.41. The Morgan fingerprint density at radius 1 is 1.14 bits per heavy atom. The average Bonchev–Trinajstić information content (AvgIpc) is 2.43. The molecule has 0 saturated heterocycles. The van der Waals surface area contributed by atoms with Crippen molar-refractivity contribution in [3.05, 3.63) is 66.9 Å². The first-order chi connectivity index (χ1) is 10.2. The molecule has 0 saturated carbocycles. The molecule has 2 rings (SSSR count). The lowest BCUT2D eigenvalue weighted by Crippen LogP contribution is -2.49. The number of rotatable bonds is 3. The van der Waals surface area contributed by atoms with E-state index in [9.17, 15) is 20.2 Å². The molecule has 8 nitrogen and oxygen atoms in total. The Labute approximate surface area is 126 Å². The molecule has 0 radical (unpaired) electrons. The largest absolute Gasteiger partial charge is 0.490 e. The third-order valence-electron chi connectivity index (χ3n) is 3.92. The van der Waals surface area contributed by atoms with E-state index in [2.05, 4.69) is 0 Å². The summed E-state index contributed by atoms with van der Waals surface area (Å²) >= 11 is 0. The molecule has 0 atom stereocenters. The summed E-state index contributed by atoms with van der Waals surface area (Å²) in [5.41, 5.74) is 11.3. The molecule has 22 heavy (non-hydrogen) atoms. The topological polar surface area (TPSA) is 138 Å². The van der Waals surface area contributed by atoms with Gasteiger partial charge in [0.25, 0.3) is 0 Å². The lowest BCUT2D eigenvalue weighted by Gasteiger charge is -2.25. The number of allylic oxidation sites excluding steroid dienone is 2. The minimum absolute atomic E-state index is 0.0114. The van der Waals surface area contributed by atoms with Crippen LogP contribution in [0.1, 0.15) is 24.5 Å². The smallest absolute Gasteiger partial charge is 0.401 e. The second-order valence-electron chi connectivity index (χ2n) is 5.35. The summed E-state index contributed by atoms with van der Waals surface area (Å²) in [6.07, 6.45) is 0.948. The Morgan fingerprint density at radius 2 is 1.73 bits per heavy atom. The summed E-state index contributed by atoms with van der Waals surface area (Å²) in [5, 5.41) is 23.1. The fourth-order valence-electron chi connectivity index (χ4n) is 2.48. The van der Waals surface area contributed by atoms with Crippen molar-refractivity contribution in [1.82, 2.24) is 0 Å². The molecule has 1 aromatic rings. The van der Waals surface area contributed by atoms with Crippen molar-refractivity contribution in [3.8, 4) is 0 Å². The fourth-order valence-corrected chi connectivity index (χ4v) is 2.48. The molecule has 1 aliphatic rings. The van der Waals surface area contributed by atoms with Gasteiger partial charge in [-0.25, -0.2) is 0 Å². The van der Waals surface area contributed by atoms with Gasteiger partial charge in [-0.05, 0) is 48.8 Å². The molecule has 0 bridgehead atoms. The van der Waals surface area contributed by atoms with E-state index in [4.69, 9.17) is 11.5 Å². The molecule has 8 heteroatoms. The van der Waals surface area contributed by atoms with Crippen molar-refractivity contribution in [2.45, 2.75) is 25.9 Å². The third kappa shape index (κ3) is 2.18. The van der Waals surface area contributed by atoms with Crippen molar-refractivity contribution >= 4 is 11.3 Å². The molecule has 0 amide bonds. The second-order valence-corrected chi connectivity index (χ2v) is 5.35. The average molecular weight is 304 g/mol. The number of nitrogens with two attached hydrogens (primary N) is 2. The van der Waals surface area contributed by atoms with E-state index in [0.717, 1.165) is 0 Å². The van der Waals surface area contributed by atoms with E-state index < -0.39 is 21.9 Å². The summed E-state index contributed by atoms with van der Waals surface area (Å²) in [7, 11) is 0. The highest BCUT2D eigenvalue weighted by molar-refractivity contribution is 5.76. The predicted octanol–water partition coefficient (Wildman–Crippen LogP) is 1.85. The van der Waals surface area contributed by atoms with Gasteiger partial charge in [-0.2, -0.15) is 0 Å². The number of hydrogen-bond donors (Lipinski definition) is 2. The Morgan fingerprint density at radius 3 is 2.23 bits per heavy atom. The van der Waals surface area contributed by atoms with Crippen LogP contribution in [0.25, 0.3) is 5.57 Å². The standard InChI is InChI=1S/C14H16N4O4/c1-8-5-10(3-4-12(8)15)11-6-9(2)13(16)7-14(11,17(19)20)18(21)22/h3-6H,7,15-16H2,1-2H3. The zero-order valence-electron chi connectivity index (χ0n) is 12.2. The number of nitrogens with zero attached hydrogens (tertiary/aromatic N) is 2. The Balaban J connectivity index is 2.75. The predicted molar refractivity (Wildman–Crippen MR) is 81.8 cm³/mol. The quantitative estimate of drug-likeness (QED) is 0.378. The maximum Gasteiger partial charge on any atom is 0.490 e. The van der Waals surface area contributed by atoms with E-state index in [-0.39, 0.29) is 11.3 Å². The van der Waals surface area contributed by atoms with Gasteiger partial charge in [-0.1, -0.05) is 6.07 Å². The highest BCUT2D eigenvalue weighted by Gasteiger charge is 2.61. The molecular formula is C14H16N4O4. The lowest BCUT2D eigenvalue weighted by atomic mass is 9.83. The molecule has 4 N–H and O–H groups in total. The molecule has 1 aromatic carbocycles. The zero-order chi connectivity index (χ0) is 16.7. The maximum atomic E-state index is 11.5. The van der Waals surface area contributed by atoms with E-state index in [1.807, 2.05) is 0 Å². The number of nitro groups is 2. The molecular weight excluding hydrogens is 288 g/mol. The number of benzene rings is 1. The van der Waals surface area contributed by atoms with Crippen LogP contribution >= 0.6 is 0 Å². The summed E-state index contributed by atoms with van der Waals surface area (Å²) < 4.78 is 0. The van der Waals surface area contributed by atoms with Crippen molar-refractivity contribution in [3.63, 3.8) is 0 Å². The van der Waals surface area contributed by atoms with Crippen LogP contribution in [0.4, 0.5) is 5.69 Å². The molecule has 0 heterocycles. The van der Waals surface area contributed by atoms with Crippen molar-refractivity contribution < 1.29 is 9.85 Å². The van der Waals surface area contributed by atoms with E-state index >= 15 is 0 Å². The van der Waals surface area contributed by atoms with Crippen LogP contribution < -0.4 is 11.5 Å². The number of nitrogen functional groups attached to an aromatic ring is 1. The second kappa shape index (κ2) is 5.14. The first-order valence-corrected chi connectivity index (χ1v) is 6.53. The van der Waals surface area contributed by atoms with Gasteiger partial charge in [0.1, 0.15) is 21.8 Å². The molecule has 1 aliphatic carbocycles. The van der Waals surface area contributed by atoms with Crippen molar-refractivity contribution in [2.75, 3.05) is 5.73 Å². The maximum absolute atomic E-state index is 11.5. The van der Waals surface area contributed by atoms with Gasteiger partial charge >= 0.3 is 5.66 Å².